The van der Waals surface area contributed by atoms with Gasteiger partial charge in [0.1, 0.15) is 0 Å². The molecule has 0 N–H and O–H groups in total. The van der Waals surface area contributed by atoms with Gasteiger partial charge < -0.3 is 4.90 Å². The first-order valence-corrected chi connectivity index (χ1v) is 8.99. The first-order valence-electron chi connectivity index (χ1n) is 8.99. The summed E-state index contributed by atoms with van der Waals surface area (Å²) in [4.78, 5) is 7.11. The Morgan fingerprint density at radius 3 is 2.42 bits per heavy atom. The summed E-state index contributed by atoms with van der Waals surface area (Å²) in [6.45, 7) is 16.7. The number of para-hydroxylation sites is 1. The van der Waals surface area contributed by atoms with Gasteiger partial charge in [0, 0.05) is 23.5 Å². The van der Waals surface area contributed by atoms with Crippen LogP contribution in [-0.4, -0.2) is 4.98 Å². The molecule has 2 aliphatic rings. The van der Waals surface area contributed by atoms with Gasteiger partial charge in [-0.05, 0) is 54.5 Å². The number of aryl methyl sites for hydroxylation is 1. The second-order valence-corrected chi connectivity index (χ2v) is 8.80. The monoisotopic (exact) mass is 320 g/mol. The van der Waals surface area contributed by atoms with Crippen LogP contribution in [0.25, 0.3) is 0 Å². The molecule has 1 aromatic carbocycles. The van der Waals surface area contributed by atoms with Crippen LogP contribution in [0.4, 0.5) is 5.69 Å². The summed E-state index contributed by atoms with van der Waals surface area (Å²) in [5.41, 5.74) is 7.18. The molecule has 0 spiro atoms. The van der Waals surface area contributed by atoms with Crippen molar-refractivity contribution in [3.63, 3.8) is 0 Å². The summed E-state index contributed by atoms with van der Waals surface area (Å²) in [6.07, 6.45) is 4.03. The second kappa shape index (κ2) is 4.41. The summed E-state index contributed by atoms with van der Waals surface area (Å²) < 4.78 is 0. The van der Waals surface area contributed by atoms with E-state index in [9.17, 15) is 0 Å². The van der Waals surface area contributed by atoms with E-state index in [0.717, 1.165) is 0 Å². The fourth-order valence-corrected chi connectivity index (χ4v) is 5.32. The fraction of sp³-hybridized carbons (Fsp3) is 0.500. The Balaban J connectivity index is 2.15. The predicted octanol–water partition coefficient (Wildman–Crippen LogP) is 5.50. The topological polar surface area (TPSA) is 16.1 Å². The highest BCUT2D eigenvalue weighted by atomic mass is 15.3. The van der Waals surface area contributed by atoms with Gasteiger partial charge in [-0.3, -0.25) is 4.98 Å². The van der Waals surface area contributed by atoms with E-state index in [1.807, 2.05) is 6.20 Å². The van der Waals surface area contributed by atoms with Gasteiger partial charge in [0.25, 0.3) is 0 Å². The molecule has 2 heteroatoms. The molecule has 0 amide bonds. The van der Waals surface area contributed by atoms with E-state index in [-0.39, 0.29) is 16.4 Å². The summed E-state index contributed by atoms with van der Waals surface area (Å²) in [5, 5.41) is 0. The standard InChI is InChI=1S/C22H28N2/c1-14-9-8-10-18-19(14)24-15(2)16-13-23-12-11-17(16)22(24,7)21(5,6)20(18,3)4/h8-13,15H,1-7H3/t15-,22?/m0/s1. The van der Waals surface area contributed by atoms with Crippen LogP contribution in [0.15, 0.2) is 36.7 Å². The molecule has 0 fully saturated rings. The van der Waals surface area contributed by atoms with Crippen molar-refractivity contribution >= 4 is 5.69 Å². The molecule has 1 aromatic heterocycles. The molecule has 0 aliphatic carbocycles. The molecule has 2 atom stereocenters. The van der Waals surface area contributed by atoms with Gasteiger partial charge in [-0.15, -0.1) is 0 Å². The lowest BCUT2D eigenvalue weighted by atomic mass is 9.51. The quantitative estimate of drug-likeness (QED) is 0.637. The van der Waals surface area contributed by atoms with E-state index in [2.05, 4.69) is 88.8 Å². The van der Waals surface area contributed by atoms with Gasteiger partial charge >= 0.3 is 0 Å². The number of hydrogen-bond donors (Lipinski definition) is 0. The van der Waals surface area contributed by atoms with Gasteiger partial charge in [0.05, 0.1) is 11.6 Å². The van der Waals surface area contributed by atoms with Crippen LogP contribution in [0.3, 0.4) is 0 Å². The predicted molar refractivity (Wildman–Crippen MR) is 100 cm³/mol. The third-order valence-electron chi connectivity index (χ3n) is 7.63. The SMILES string of the molecule is Cc1cccc2c1N1[C@@H](C)c3cnccc3C1(C)C(C)(C)C2(C)C. The van der Waals surface area contributed by atoms with Crippen LogP contribution in [0, 0.1) is 12.3 Å². The van der Waals surface area contributed by atoms with Crippen LogP contribution >= 0.6 is 0 Å². The summed E-state index contributed by atoms with van der Waals surface area (Å²) in [7, 11) is 0. The first-order chi connectivity index (χ1) is 11.2. The number of nitrogens with zero attached hydrogens (tertiary/aromatic N) is 2. The van der Waals surface area contributed by atoms with Crippen molar-refractivity contribution in [2.45, 2.75) is 65.5 Å². The molecule has 0 saturated heterocycles. The van der Waals surface area contributed by atoms with Crippen molar-refractivity contribution in [2.24, 2.45) is 5.41 Å². The number of benzene rings is 1. The fourth-order valence-electron chi connectivity index (χ4n) is 5.32. The summed E-state index contributed by atoms with van der Waals surface area (Å²) >= 11 is 0. The average Bonchev–Trinajstić information content (AvgIpc) is 2.77. The second-order valence-electron chi connectivity index (χ2n) is 8.80. The van der Waals surface area contributed by atoms with E-state index in [4.69, 9.17) is 0 Å². The lowest BCUT2D eigenvalue weighted by molar-refractivity contribution is 0.0651. The third kappa shape index (κ3) is 1.46. The Hall–Kier alpha value is -1.83. The van der Waals surface area contributed by atoms with Crippen molar-refractivity contribution in [3.8, 4) is 0 Å². The zero-order valence-corrected chi connectivity index (χ0v) is 15.9. The molecule has 0 bridgehead atoms. The Kier molecular flexibility index (Phi) is 2.88. The molecule has 24 heavy (non-hydrogen) atoms. The minimum absolute atomic E-state index is 0.0483. The maximum absolute atomic E-state index is 4.43. The number of hydrogen-bond acceptors (Lipinski definition) is 2. The largest absolute Gasteiger partial charge is 0.354 e. The molecule has 126 valence electrons. The van der Waals surface area contributed by atoms with Gasteiger partial charge in [-0.2, -0.15) is 0 Å². The van der Waals surface area contributed by atoms with Crippen LogP contribution in [0.1, 0.15) is 69.8 Å². The Morgan fingerprint density at radius 2 is 1.71 bits per heavy atom. The molecule has 1 unspecified atom stereocenters. The summed E-state index contributed by atoms with van der Waals surface area (Å²) in [6, 6.07) is 9.38. The highest BCUT2D eigenvalue weighted by molar-refractivity contribution is 5.72. The smallest absolute Gasteiger partial charge is 0.0695 e. The Labute approximate surface area is 145 Å². The van der Waals surface area contributed by atoms with E-state index < -0.39 is 0 Å². The lowest BCUT2D eigenvalue weighted by Gasteiger charge is -2.62. The number of fused-ring (bicyclic) bond motifs is 5. The maximum atomic E-state index is 4.43. The molecular weight excluding hydrogens is 292 g/mol. The van der Waals surface area contributed by atoms with Crippen LogP contribution < -0.4 is 4.90 Å². The first kappa shape index (κ1) is 15.7. The van der Waals surface area contributed by atoms with Gasteiger partial charge in [0.2, 0.25) is 0 Å². The average molecular weight is 320 g/mol. The normalized spacial score (nSPS) is 29.0. The van der Waals surface area contributed by atoms with Crippen molar-refractivity contribution in [3.05, 3.63) is 58.9 Å². The van der Waals surface area contributed by atoms with Gasteiger partial charge in [-0.1, -0.05) is 45.9 Å². The third-order valence-corrected chi connectivity index (χ3v) is 7.63. The van der Waals surface area contributed by atoms with Crippen LogP contribution in [0.5, 0.6) is 0 Å². The van der Waals surface area contributed by atoms with Crippen LogP contribution in [0.2, 0.25) is 0 Å². The van der Waals surface area contributed by atoms with E-state index >= 15 is 0 Å². The number of pyridine rings is 1. The Morgan fingerprint density at radius 1 is 1.00 bits per heavy atom. The minimum Gasteiger partial charge on any atom is -0.354 e. The van der Waals surface area contributed by atoms with E-state index in [1.54, 1.807) is 0 Å². The highest BCUT2D eigenvalue weighted by Crippen LogP contribution is 2.67. The molecule has 0 saturated carbocycles. The lowest BCUT2D eigenvalue weighted by Crippen LogP contribution is -2.62. The zero-order valence-electron chi connectivity index (χ0n) is 15.9. The van der Waals surface area contributed by atoms with Crippen molar-refractivity contribution < 1.29 is 0 Å². The van der Waals surface area contributed by atoms with E-state index in [1.165, 1.54) is 27.9 Å². The molecular formula is C22H28N2. The van der Waals surface area contributed by atoms with Crippen molar-refractivity contribution in [1.29, 1.82) is 0 Å². The highest BCUT2D eigenvalue weighted by Gasteiger charge is 2.63. The minimum atomic E-state index is -0.0483. The van der Waals surface area contributed by atoms with Gasteiger partial charge in [0.15, 0.2) is 0 Å². The molecule has 2 aliphatic heterocycles. The Bertz CT molecular complexity index is 834. The van der Waals surface area contributed by atoms with Crippen molar-refractivity contribution in [1.82, 2.24) is 4.98 Å². The molecule has 2 nitrogen and oxygen atoms in total. The zero-order chi connectivity index (χ0) is 17.5. The molecule has 2 aromatic rings. The van der Waals surface area contributed by atoms with Gasteiger partial charge in [-0.25, -0.2) is 0 Å². The molecule has 3 heterocycles. The number of anilines is 1. The van der Waals surface area contributed by atoms with Crippen LogP contribution in [-0.2, 0) is 11.0 Å². The molecule has 4 rings (SSSR count). The summed E-state index contributed by atoms with van der Waals surface area (Å²) in [5.74, 6) is 0. The number of rotatable bonds is 0. The van der Waals surface area contributed by atoms with E-state index in [0.29, 0.717) is 6.04 Å². The van der Waals surface area contributed by atoms with Crippen molar-refractivity contribution in [2.75, 3.05) is 4.90 Å². The molecule has 0 radical (unpaired) electrons. The number of aromatic nitrogens is 1. The maximum Gasteiger partial charge on any atom is 0.0695 e.